The fraction of sp³-hybridized carbons (Fsp3) is 0.263. The fourth-order valence-electron chi connectivity index (χ4n) is 2.02. The van der Waals surface area contributed by atoms with E-state index in [1.54, 1.807) is 0 Å². The molecule has 0 aliphatic rings. The molecule has 0 atom stereocenters. The molecule has 0 aliphatic heterocycles. The molecule has 0 N–H and O–H groups in total. The predicted octanol–water partition coefficient (Wildman–Crippen LogP) is 5.42. The van der Waals surface area contributed by atoms with Gasteiger partial charge in [0.1, 0.15) is 11.4 Å². The lowest BCUT2D eigenvalue weighted by atomic mass is 10.0. The average molecular weight is 266 g/mol. The third-order valence-corrected chi connectivity index (χ3v) is 2.92. The molecule has 0 aliphatic carbocycles. The highest BCUT2D eigenvalue weighted by Crippen LogP contribution is 2.23. The van der Waals surface area contributed by atoms with E-state index in [0.717, 1.165) is 5.75 Å². The smallest absolute Gasteiger partial charge is 0.120 e. The van der Waals surface area contributed by atoms with Crippen LogP contribution in [0.5, 0.6) is 5.75 Å². The molecule has 1 heteroatoms. The second-order valence-corrected chi connectivity index (χ2v) is 5.98. The van der Waals surface area contributed by atoms with E-state index < -0.39 is 0 Å². The Balaban J connectivity index is 2.16. The summed E-state index contributed by atoms with van der Waals surface area (Å²) in [5.41, 5.74) is 3.53. The average Bonchev–Trinajstić information content (AvgIpc) is 2.39. The summed E-state index contributed by atoms with van der Waals surface area (Å²) in [5.74, 6) is 0.911. The maximum atomic E-state index is 5.84. The van der Waals surface area contributed by atoms with Crippen molar-refractivity contribution in [3.05, 3.63) is 65.7 Å². The first kappa shape index (κ1) is 14.4. The molecule has 0 unspecified atom stereocenters. The molecule has 0 amide bonds. The number of benzene rings is 2. The third kappa shape index (κ3) is 4.27. The van der Waals surface area contributed by atoms with Gasteiger partial charge in [0.2, 0.25) is 0 Å². The van der Waals surface area contributed by atoms with Crippen molar-refractivity contribution in [2.24, 2.45) is 0 Å². The SMILES string of the molecule is C/C(=C\c1ccccc1)c1ccc(OC(C)(C)C)cc1. The van der Waals surface area contributed by atoms with Crippen LogP contribution in [-0.2, 0) is 0 Å². The Bertz CT molecular complexity index is 571. The van der Waals surface area contributed by atoms with E-state index in [0.29, 0.717) is 0 Å². The van der Waals surface area contributed by atoms with Crippen LogP contribution >= 0.6 is 0 Å². The lowest BCUT2D eigenvalue weighted by Gasteiger charge is -2.21. The molecular weight excluding hydrogens is 244 g/mol. The molecule has 104 valence electrons. The zero-order chi connectivity index (χ0) is 14.6. The summed E-state index contributed by atoms with van der Waals surface area (Å²) >= 11 is 0. The molecule has 2 rings (SSSR count). The van der Waals surface area contributed by atoms with E-state index in [1.807, 2.05) is 18.2 Å². The van der Waals surface area contributed by atoms with Gasteiger partial charge in [0.15, 0.2) is 0 Å². The first-order valence-electron chi connectivity index (χ1n) is 6.97. The highest BCUT2D eigenvalue weighted by molar-refractivity contribution is 5.80. The van der Waals surface area contributed by atoms with Crippen LogP contribution in [0.2, 0.25) is 0 Å². The van der Waals surface area contributed by atoms with Crippen molar-refractivity contribution in [2.45, 2.75) is 33.3 Å². The Labute approximate surface area is 121 Å². The maximum absolute atomic E-state index is 5.84. The largest absolute Gasteiger partial charge is 0.488 e. The fourth-order valence-corrected chi connectivity index (χ4v) is 2.02. The summed E-state index contributed by atoms with van der Waals surface area (Å²) in [6.07, 6.45) is 2.19. The van der Waals surface area contributed by atoms with Crippen molar-refractivity contribution in [1.29, 1.82) is 0 Å². The zero-order valence-electron chi connectivity index (χ0n) is 12.7. The first-order chi connectivity index (χ1) is 9.44. The lowest BCUT2D eigenvalue weighted by Crippen LogP contribution is -2.22. The maximum Gasteiger partial charge on any atom is 0.120 e. The second kappa shape index (κ2) is 5.96. The Morgan fingerprint density at radius 1 is 0.900 bits per heavy atom. The Morgan fingerprint density at radius 2 is 1.50 bits per heavy atom. The second-order valence-electron chi connectivity index (χ2n) is 5.98. The minimum Gasteiger partial charge on any atom is -0.488 e. The molecule has 0 saturated carbocycles. The van der Waals surface area contributed by atoms with Crippen molar-refractivity contribution < 1.29 is 4.74 Å². The molecule has 0 bridgehead atoms. The van der Waals surface area contributed by atoms with E-state index >= 15 is 0 Å². The van der Waals surface area contributed by atoms with Gasteiger partial charge in [-0.2, -0.15) is 0 Å². The van der Waals surface area contributed by atoms with Crippen LogP contribution in [0.15, 0.2) is 54.6 Å². The Morgan fingerprint density at radius 3 is 2.05 bits per heavy atom. The van der Waals surface area contributed by atoms with Crippen molar-refractivity contribution in [3.63, 3.8) is 0 Å². The predicted molar refractivity (Wildman–Crippen MR) is 86.8 cm³/mol. The van der Waals surface area contributed by atoms with Gasteiger partial charge >= 0.3 is 0 Å². The van der Waals surface area contributed by atoms with E-state index in [9.17, 15) is 0 Å². The van der Waals surface area contributed by atoms with Gasteiger partial charge < -0.3 is 4.74 Å². The van der Waals surface area contributed by atoms with Crippen molar-refractivity contribution in [1.82, 2.24) is 0 Å². The van der Waals surface area contributed by atoms with Crippen molar-refractivity contribution in [2.75, 3.05) is 0 Å². The summed E-state index contributed by atoms with van der Waals surface area (Å²) in [7, 11) is 0. The minimum absolute atomic E-state index is 0.156. The van der Waals surface area contributed by atoms with Crippen LogP contribution < -0.4 is 4.74 Å². The molecule has 2 aromatic carbocycles. The molecule has 0 spiro atoms. The molecule has 0 saturated heterocycles. The monoisotopic (exact) mass is 266 g/mol. The molecule has 1 nitrogen and oxygen atoms in total. The third-order valence-electron chi connectivity index (χ3n) is 2.92. The number of hydrogen-bond donors (Lipinski definition) is 0. The summed E-state index contributed by atoms with van der Waals surface area (Å²) in [6.45, 7) is 8.30. The van der Waals surface area contributed by atoms with Gasteiger partial charge in [-0.05, 0) is 56.5 Å². The van der Waals surface area contributed by atoms with Gasteiger partial charge in [-0.1, -0.05) is 48.5 Å². The number of allylic oxidation sites excluding steroid dienone is 1. The van der Waals surface area contributed by atoms with Gasteiger partial charge in [-0.15, -0.1) is 0 Å². The van der Waals surface area contributed by atoms with E-state index in [2.05, 4.69) is 70.2 Å². The van der Waals surface area contributed by atoms with Crippen LogP contribution in [0.4, 0.5) is 0 Å². The standard InChI is InChI=1S/C19H22O/c1-15(14-16-8-6-5-7-9-16)17-10-12-18(13-11-17)20-19(2,3)4/h5-14H,1-4H3/b15-14+. The van der Waals surface area contributed by atoms with E-state index in [-0.39, 0.29) is 5.60 Å². The van der Waals surface area contributed by atoms with Crippen LogP contribution in [0.3, 0.4) is 0 Å². The quantitative estimate of drug-likeness (QED) is 0.674. The lowest BCUT2D eigenvalue weighted by molar-refractivity contribution is 0.131. The first-order valence-corrected chi connectivity index (χ1v) is 6.97. The number of rotatable bonds is 3. The summed E-state index contributed by atoms with van der Waals surface area (Å²) in [4.78, 5) is 0. The van der Waals surface area contributed by atoms with Crippen LogP contribution in [0.1, 0.15) is 38.8 Å². The van der Waals surface area contributed by atoms with E-state index in [4.69, 9.17) is 4.74 Å². The highest BCUT2D eigenvalue weighted by atomic mass is 16.5. The van der Waals surface area contributed by atoms with Crippen molar-refractivity contribution >= 4 is 11.6 Å². The molecule has 20 heavy (non-hydrogen) atoms. The van der Waals surface area contributed by atoms with Gasteiger partial charge in [0.05, 0.1) is 0 Å². The molecule has 0 heterocycles. The van der Waals surface area contributed by atoms with E-state index in [1.165, 1.54) is 16.7 Å². The van der Waals surface area contributed by atoms with Crippen LogP contribution in [0.25, 0.3) is 11.6 Å². The zero-order valence-corrected chi connectivity index (χ0v) is 12.7. The van der Waals surface area contributed by atoms with Gasteiger partial charge in [-0.3, -0.25) is 0 Å². The molecule has 0 fully saturated rings. The molecular formula is C19H22O. The van der Waals surface area contributed by atoms with Gasteiger partial charge in [0, 0.05) is 0 Å². The van der Waals surface area contributed by atoms with Crippen LogP contribution in [0, 0.1) is 0 Å². The summed E-state index contributed by atoms with van der Waals surface area (Å²) in [6, 6.07) is 18.6. The summed E-state index contributed by atoms with van der Waals surface area (Å²) < 4.78 is 5.84. The normalized spacial score (nSPS) is 12.3. The van der Waals surface area contributed by atoms with Crippen molar-refractivity contribution in [3.8, 4) is 5.75 Å². The number of ether oxygens (including phenoxy) is 1. The summed E-state index contributed by atoms with van der Waals surface area (Å²) in [5, 5.41) is 0. The molecule has 2 aromatic rings. The van der Waals surface area contributed by atoms with Crippen LogP contribution in [-0.4, -0.2) is 5.60 Å². The topological polar surface area (TPSA) is 9.23 Å². The van der Waals surface area contributed by atoms with Gasteiger partial charge in [0.25, 0.3) is 0 Å². The Hall–Kier alpha value is -2.02. The molecule has 0 aromatic heterocycles. The minimum atomic E-state index is -0.156. The number of hydrogen-bond acceptors (Lipinski definition) is 1. The molecule has 0 radical (unpaired) electrons. The Kier molecular flexibility index (Phi) is 4.29. The highest BCUT2D eigenvalue weighted by Gasteiger charge is 2.11. The van der Waals surface area contributed by atoms with Gasteiger partial charge in [-0.25, -0.2) is 0 Å².